The van der Waals surface area contributed by atoms with Crippen molar-refractivity contribution in [1.29, 1.82) is 0 Å². The van der Waals surface area contributed by atoms with Crippen LogP contribution in [0.25, 0.3) is 0 Å². The maximum absolute atomic E-state index is 12.2. The number of nitrogens with one attached hydrogen (secondary N) is 2. The van der Waals surface area contributed by atoms with Gasteiger partial charge in [0.05, 0.1) is 24.6 Å². The van der Waals surface area contributed by atoms with Crippen LogP contribution in [0.4, 0.5) is 0 Å². The van der Waals surface area contributed by atoms with Crippen LogP contribution >= 0.6 is 11.3 Å². The van der Waals surface area contributed by atoms with Gasteiger partial charge in [0, 0.05) is 18.4 Å². The highest BCUT2D eigenvalue weighted by Gasteiger charge is 2.25. The first-order chi connectivity index (χ1) is 10.1. The van der Waals surface area contributed by atoms with Crippen LogP contribution in [0.15, 0.2) is 17.5 Å². The maximum Gasteiger partial charge on any atom is 0.222 e. The Balaban J connectivity index is 1.89. The average molecular weight is 310 g/mol. The number of amides is 2. The predicted octanol–water partition coefficient (Wildman–Crippen LogP) is 2.00. The number of hydrogen-bond acceptors (Lipinski definition) is 4. The van der Waals surface area contributed by atoms with E-state index in [4.69, 9.17) is 4.74 Å². The number of ether oxygens (including phenoxy) is 1. The molecule has 0 saturated carbocycles. The van der Waals surface area contributed by atoms with Gasteiger partial charge in [-0.05, 0) is 31.2 Å². The van der Waals surface area contributed by atoms with Gasteiger partial charge in [-0.2, -0.15) is 0 Å². The summed E-state index contributed by atoms with van der Waals surface area (Å²) in [5.74, 6) is -0.196. The van der Waals surface area contributed by atoms with Gasteiger partial charge >= 0.3 is 0 Å². The molecule has 2 rings (SSSR count). The molecule has 0 radical (unpaired) electrons. The van der Waals surface area contributed by atoms with E-state index in [-0.39, 0.29) is 36.4 Å². The number of carbonyl (C=O) groups is 2. The number of thiophene rings is 1. The first-order valence-electron chi connectivity index (χ1n) is 7.27. The molecule has 0 bridgehead atoms. The molecule has 116 valence electrons. The van der Waals surface area contributed by atoms with E-state index in [0.29, 0.717) is 0 Å². The molecular weight excluding hydrogens is 288 g/mol. The van der Waals surface area contributed by atoms with Crippen molar-refractivity contribution in [3.05, 3.63) is 22.4 Å². The zero-order chi connectivity index (χ0) is 15.2. The second-order valence-corrected chi connectivity index (χ2v) is 6.36. The molecule has 0 aromatic carbocycles. The van der Waals surface area contributed by atoms with Crippen molar-refractivity contribution >= 4 is 23.2 Å². The molecule has 1 saturated heterocycles. The van der Waals surface area contributed by atoms with Gasteiger partial charge in [0.25, 0.3) is 0 Å². The van der Waals surface area contributed by atoms with Crippen LogP contribution in [0.3, 0.4) is 0 Å². The highest BCUT2D eigenvalue weighted by atomic mass is 32.1. The standard InChI is InChI=1S/C15H22N2O3S/c1-10(13-5-3-7-20-13)16-15(19)9-12(17-11(2)18)14-6-4-8-21-14/h4,6,8,10,12-13H,3,5,7,9H2,1-2H3,(H,16,19)(H,17,18)/t10-,12+,13-/m0/s1. The molecular formula is C15H22N2O3S. The number of carbonyl (C=O) groups excluding carboxylic acids is 2. The van der Waals surface area contributed by atoms with Crippen molar-refractivity contribution in [2.75, 3.05) is 6.61 Å². The normalized spacial score (nSPS) is 20.8. The third kappa shape index (κ3) is 4.82. The molecule has 6 heteroatoms. The molecule has 2 N–H and O–H groups in total. The Morgan fingerprint density at radius 1 is 1.48 bits per heavy atom. The largest absolute Gasteiger partial charge is 0.376 e. The Labute approximate surface area is 129 Å². The Kier molecular flexibility index (Phi) is 5.76. The van der Waals surface area contributed by atoms with E-state index in [0.717, 1.165) is 24.3 Å². The lowest BCUT2D eigenvalue weighted by atomic mass is 10.1. The summed E-state index contributed by atoms with van der Waals surface area (Å²) in [6.07, 6.45) is 2.39. The second kappa shape index (κ2) is 7.56. The minimum Gasteiger partial charge on any atom is -0.376 e. The maximum atomic E-state index is 12.2. The van der Waals surface area contributed by atoms with Crippen molar-refractivity contribution in [2.45, 2.75) is 51.3 Å². The lowest BCUT2D eigenvalue weighted by Gasteiger charge is -2.22. The first-order valence-corrected chi connectivity index (χ1v) is 8.15. The Bertz CT molecular complexity index is 469. The molecule has 1 aliphatic rings. The summed E-state index contributed by atoms with van der Waals surface area (Å²) in [4.78, 5) is 24.5. The highest BCUT2D eigenvalue weighted by Crippen LogP contribution is 2.22. The fourth-order valence-corrected chi connectivity index (χ4v) is 3.32. The smallest absolute Gasteiger partial charge is 0.222 e. The molecule has 1 fully saturated rings. The van der Waals surface area contributed by atoms with Gasteiger partial charge in [0.15, 0.2) is 0 Å². The summed E-state index contributed by atoms with van der Waals surface area (Å²) >= 11 is 1.54. The molecule has 21 heavy (non-hydrogen) atoms. The van der Waals surface area contributed by atoms with E-state index in [1.165, 1.54) is 18.3 Å². The lowest BCUT2D eigenvalue weighted by Crippen LogP contribution is -2.42. The van der Waals surface area contributed by atoms with Gasteiger partial charge < -0.3 is 15.4 Å². The SMILES string of the molecule is CC(=O)N[C@H](CC(=O)N[C@@H](C)[C@@H]1CCCO1)c1cccs1. The van der Waals surface area contributed by atoms with Crippen molar-refractivity contribution in [1.82, 2.24) is 10.6 Å². The van der Waals surface area contributed by atoms with E-state index in [1.807, 2.05) is 24.4 Å². The van der Waals surface area contributed by atoms with Crippen LogP contribution in [0.2, 0.25) is 0 Å². The van der Waals surface area contributed by atoms with Gasteiger partial charge in [-0.15, -0.1) is 11.3 Å². The van der Waals surface area contributed by atoms with Crippen LogP contribution in [0, 0.1) is 0 Å². The fourth-order valence-electron chi connectivity index (χ4n) is 2.55. The third-order valence-corrected chi connectivity index (χ3v) is 4.55. The minimum atomic E-state index is -0.265. The zero-order valence-corrected chi connectivity index (χ0v) is 13.2. The van der Waals surface area contributed by atoms with Gasteiger partial charge in [-0.3, -0.25) is 9.59 Å². The monoisotopic (exact) mass is 310 g/mol. The molecule has 0 aliphatic carbocycles. The third-order valence-electron chi connectivity index (χ3n) is 3.56. The molecule has 0 spiro atoms. The predicted molar refractivity (Wildman–Crippen MR) is 82.1 cm³/mol. The summed E-state index contributed by atoms with van der Waals surface area (Å²) in [5, 5.41) is 7.75. The van der Waals surface area contributed by atoms with E-state index in [2.05, 4.69) is 10.6 Å². The molecule has 5 nitrogen and oxygen atoms in total. The van der Waals surface area contributed by atoms with E-state index >= 15 is 0 Å². The van der Waals surface area contributed by atoms with Gasteiger partial charge in [0.1, 0.15) is 0 Å². The molecule has 1 aromatic rings. The van der Waals surface area contributed by atoms with E-state index < -0.39 is 0 Å². The average Bonchev–Trinajstić information content (AvgIpc) is 3.11. The number of hydrogen-bond donors (Lipinski definition) is 2. The van der Waals surface area contributed by atoms with Crippen LogP contribution in [-0.4, -0.2) is 30.6 Å². The zero-order valence-electron chi connectivity index (χ0n) is 12.4. The van der Waals surface area contributed by atoms with Crippen molar-refractivity contribution < 1.29 is 14.3 Å². The summed E-state index contributed by atoms with van der Waals surface area (Å²) in [6, 6.07) is 3.59. The lowest BCUT2D eigenvalue weighted by molar-refractivity contribution is -0.123. The van der Waals surface area contributed by atoms with Crippen LogP contribution < -0.4 is 10.6 Å². The summed E-state index contributed by atoms with van der Waals surface area (Å²) < 4.78 is 5.57. The van der Waals surface area contributed by atoms with Gasteiger partial charge in [-0.25, -0.2) is 0 Å². The summed E-state index contributed by atoms with van der Waals surface area (Å²) in [5.41, 5.74) is 0. The summed E-state index contributed by atoms with van der Waals surface area (Å²) in [7, 11) is 0. The minimum absolute atomic E-state index is 0.00122. The number of rotatable bonds is 6. The molecule has 0 unspecified atom stereocenters. The van der Waals surface area contributed by atoms with Crippen LogP contribution in [-0.2, 0) is 14.3 Å². The Morgan fingerprint density at radius 2 is 2.29 bits per heavy atom. The molecule has 3 atom stereocenters. The van der Waals surface area contributed by atoms with Crippen molar-refractivity contribution in [3.63, 3.8) is 0 Å². The summed E-state index contributed by atoms with van der Waals surface area (Å²) in [6.45, 7) is 4.20. The van der Waals surface area contributed by atoms with E-state index in [9.17, 15) is 9.59 Å². The quantitative estimate of drug-likeness (QED) is 0.844. The molecule has 1 aliphatic heterocycles. The second-order valence-electron chi connectivity index (χ2n) is 5.38. The van der Waals surface area contributed by atoms with Crippen LogP contribution in [0.1, 0.15) is 44.0 Å². The first kappa shape index (κ1) is 16.0. The molecule has 2 amide bonds. The fraction of sp³-hybridized carbons (Fsp3) is 0.600. The molecule has 2 heterocycles. The van der Waals surface area contributed by atoms with E-state index in [1.54, 1.807) is 0 Å². The Morgan fingerprint density at radius 3 is 2.86 bits per heavy atom. The van der Waals surface area contributed by atoms with Gasteiger partial charge in [0.2, 0.25) is 11.8 Å². The topological polar surface area (TPSA) is 67.4 Å². The highest BCUT2D eigenvalue weighted by molar-refractivity contribution is 7.10. The Hall–Kier alpha value is -1.40. The van der Waals surface area contributed by atoms with Gasteiger partial charge in [-0.1, -0.05) is 6.07 Å². The van der Waals surface area contributed by atoms with Crippen molar-refractivity contribution in [2.24, 2.45) is 0 Å². The van der Waals surface area contributed by atoms with Crippen molar-refractivity contribution in [3.8, 4) is 0 Å². The van der Waals surface area contributed by atoms with Crippen LogP contribution in [0.5, 0.6) is 0 Å². The molecule has 1 aromatic heterocycles.